The van der Waals surface area contributed by atoms with E-state index in [1.165, 1.54) is 12.1 Å². The van der Waals surface area contributed by atoms with Gasteiger partial charge in [-0.15, -0.1) is 0 Å². The topological polar surface area (TPSA) is 92.8 Å². The number of carbonyl (C=O) groups is 4. The van der Waals surface area contributed by atoms with E-state index in [1.807, 2.05) is 13.8 Å². The molecule has 0 saturated carbocycles. The van der Waals surface area contributed by atoms with Gasteiger partial charge in [0, 0.05) is 6.04 Å². The minimum absolute atomic E-state index is 0.0147. The van der Waals surface area contributed by atoms with Gasteiger partial charge in [-0.05, 0) is 30.9 Å². The average molecular weight is 330 g/mol. The van der Waals surface area contributed by atoms with E-state index in [0.717, 1.165) is 0 Å². The minimum Gasteiger partial charge on any atom is -0.352 e. The van der Waals surface area contributed by atoms with Crippen LogP contribution in [0.2, 0.25) is 0 Å². The van der Waals surface area contributed by atoms with Crippen molar-refractivity contribution >= 4 is 23.7 Å². The Morgan fingerprint density at radius 1 is 1.12 bits per heavy atom. The number of carbonyl (C=O) groups excluding carboxylic acids is 4. The molecule has 2 unspecified atom stereocenters. The van der Waals surface area contributed by atoms with Crippen molar-refractivity contribution in [2.24, 2.45) is 11.8 Å². The summed E-state index contributed by atoms with van der Waals surface area (Å²) >= 11 is 0. The third-order valence-electron chi connectivity index (χ3n) is 4.44. The molecule has 7 heteroatoms. The van der Waals surface area contributed by atoms with Crippen LogP contribution >= 0.6 is 0 Å². The molecule has 2 aliphatic rings. The fourth-order valence-corrected chi connectivity index (χ4v) is 2.96. The number of hydroxylamine groups is 2. The molecule has 0 bridgehead atoms. The van der Waals surface area contributed by atoms with E-state index in [-0.39, 0.29) is 23.1 Å². The highest BCUT2D eigenvalue weighted by Gasteiger charge is 2.42. The van der Waals surface area contributed by atoms with Crippen LogP contribution in [0.4, 0.5) is 0 Å². The van der Waals surface area contributed by atoms with Gasteiger partial charge in [0.15, 0.2) is 0 Å². The van der Waals surface area contributed by atoms with E-state index in [4.69, 9.17) is 4.84 Å². The van der Waals surface area contributed by atoms with Crippen molar-refractivity contribution in [3.8, 4) is 0 Å². The predicted molar refractivity (Wildman–Crippen MR) is 82.5 cm³/mol. The lowest BCUT2D eigenvalue weighted by atomic mass is 9.89. The summed E-state index contributed by atoms with van der Waals surface area (Å²) in [4.78, 5) is 53.7. The second-order valence-corrected chi connectivity index (χ2v) is 6.35. The third kappa shape index (κ3) is 2.66. The molecule has 1 N–H and O–H groups in total. The number of nitrogens with zero attached hydrogens (tertiary/aromatic N) is 1. The number of benzene rings is 1. The normalized spacial score (nSPS) is 23.3. The molecule has 126 valence electrons. The molecule has 2 heterocycles. The molecule has 0 aromatic heterocycles. The van der Waals surface area contributed by atoms with Crippen LogP contribution in [0, 0.1) is 11.8 Å². The van der Waals surface area contributed by atoms with Gasteiger partial charge in [-0.25, -0.2) is 4.79 Å². The Morgan fingerprint density at radius 2 is 1.71 bits per heavy atom. The van der Waals surface area contributed by atoms with Crippen LogP contribution in [0.1, 0.15) is 47.4 Å². The Hall–Kier alpha value is -2.70. The van der Waals surface area contributed by atoms with E-state index >= 15 is 0 Å². The molecule has 24 heavy (non-hydrogen) atoms. The Labute approximate surface area is 138 Å². The number of amides is 3. The van der Waals surface area contributed by atoms with Crippen LogP contribution < -0.4 is 5.32 Å². The van der Waals surface area contributed by atoms with E-state index < -0.39 is 29.6 Å². The first-order chi connectivity index (χ1) is 11.4. The van der Waals surface area contributed by atoms with Crippen LogP contribution in [0.3, 0.4) is 0 Å². The SMILES string of the molecule is CC(C)C1CCC(C(=O)ON2C(=O)c3ccccc3C2=O)C(=O)N1. The first-order valence-corrected chi connectivity index (χ1v) is 7.90. The van der Waals surface area contributed by atoms with Crippen LogP contribution in [0.5, 0.6) is 0 Å². The van der Waals surface area contributed by atoms with E-state index in [9.17, 15) is 19.2 Å². The molecule has 1 fully saturated rings. The fraction of sp³-hybridized carbons (Fsp3) is 0.412. The van der Waals surface area contributed by atoms with Gasteiger partial charge in [0.2, 0.25) is 5.91 Å². The number of fused-ring (bicyclic) bond motifs is 1. The van der Waals surface area contributed by atoms with Gasteiger partial charge >= 0.3 is 5.97 Å². The zero-order valence-corrected chi connectivity index (χ0v) is 13.4. The zero-order valence-electron chi connectivity index (χ0n) is 13.4. The molecule has 1 aromatic rings. The highest BCUT2D eigenvalue weighted by molar-refractivity contribution is 6.21. The highest BCUT2D eigenvalue weighted by Crippen LogP contribution is 2.25. The molecule has 1 saturated heterocycles. The van der Waals surface area contributed by atoms with Gasteiger partial charge in [0.25, 0.3) is 11.8 Å². The Kier molecular flexibility index (Phi) is 4.09. The van der Waals surface area contributed by atoms with Crippen molar-refractivity contribution in [1.82, 2.24) is 10.4 Å². The molecule has 2 aliphatic heterocycles. The maximum Gasteiger partial charge on any atom is 0.345 e. The van der Waals surface area contributed by atoms with Crippen molar-refractivity contribution in [2.45, 2.75) is 32.7 Å². The van der Waals surface area contributed by atoms with Crippen LogP contribution in [0.15, 0.2) is 24.3 Å². The van der Waals surface area contributed by atoms with Crippen molar-refractivity contribution < 1.29 is 24.0 Å². The number of imide groups is 1. The average Bonchev–Trinajstić information content (AvgIpc) is 2.80. The summed E-state index contributed by atoms with van der Waals surface area (Å²) in [7, 11) is 0. The van der Waals surface area contributed by atoms with E-state index in [2.05, 4.69) is 5.32 Å². The number of piperidine rings is 1. The Balaban J connectivity index is 1.69. The molecule has 3 rings (SSSR count). The summed E-state index contributed by atoms with van der Waals surface area (Å²) in [5.41, 5.74) is 0.367. The molecular weight excluding hydrogens is 312 g/mol. The summed E-state index contributed by atoms with van der Waals surface area (Å²) in [6, 6.07) is 6.24. The quantitative estimate of drug-likeness (QED) is 0.666. The van der Waals surface area contributed by atoms with Crippen molar-refractivity contribution in [3.63, 3.8) is 0 Å². The van der Waals surface area contributed by atoms with Gasteiger partial charge in [-0.1, -0.05) is 31.0 Å². The van der Waals surface area contributed by atoms with Gasteiger partial charge in [0.1, 0.15) is 5.92 Å². The lowest BCUT2D eigenvalue weighted by Crippen LogP contribution is -2.50. The largest absolute Gasteiger partial charge is 0.352 e. The van der Waals surface area contributed by atoms with Crippen molar-refractivity contribution in [3.05, 3.63) is 35.4 Å². The first-order valence-electron chi connectivity index (χ1n) is 7.90. The van der Waals surface area contributed by atoms with Crippen LogP contribution in [-0.2, 0) is 14.4 Å². The highest BCUT2D eigenvalue weighted by atomic mass is 16.7. The van der Waals surface area contributed by atoms with Gasteiger partial charge in [-0.2, -0.15) is 0 Å². The van der Waals surface area contributed by atoms with Gasteiger partial charge in [-0.3, -0.25) is 14.4 Å². The minimum atomic E-state index is -1.01. The van der Waals surface area contributed by atoms with Crippen LogP contribution in [-0.4, -0.2) is 34.8 Å². The smallest absolute Gasteiger partial charge is 0.345 e. The summed E-state index contributed by atoms with van der Waals surface area (Å²) in [6.07, 6.45) is 0.974. The van der Waals surface area contributed by atoms with Crippen LogP contribution in [0.25, 0.3) is 0 Å². The maximum absolute atomic E-state index is 12.3. The zero-order chi connectivity index (χ0) is 17.4. The molecule has 3 amide bonds. The second kappa shape index (κ2) is 6.07. The number of rotatable bonds is 3. The number of nitrogens with one attached hydrogen (secondary N) is 1. The fourth-order valence-electron chi connectivity index (χ4n) is 2.96. The van der Waals surface area contributed by atoms with Gasteiger partial charge < -0.3 is 10.2 Å². The summed E-state index contributed by atoms with van der Waals surface area (Å²) < 4.78 is 0. The number of hydrogen-bond acceptors (Lipinski definition) is 5. The lowest BCUT2D eigenvalue weighted by molar-refractivity contribution is -0.176. The third-order valence-corrected chi connectivity index (χ3v) is 4.44. The molecule has 0 spiro atoms. The van der Waals surface area contributed by atoms with E-state index in [0.29, 0.717) is 17.9 Å². The van der Waals surface area contributed by atoms with E-state index in [1.54, 1.807) is 12.1 Å². The molecule has 7 nitrogen and oxygen atoms in total. The predicted octanol–water partition coefficient (Wildman–Crippen LogP) is 1.29. The molecular formula is C17H18N2O5. The van der Waals surface area contributed by atoms with Crippen molar-refractivity contribution in [2.75, 3.05) is 0 Å². The first kappa shape index (κ1) is 16.2. The molecule has 1 aromatic carbocycles. The number of hydrogen-bond donors (Lipinski definition) is 1. The second-order valence-electron chi connectivity index (χ2n) is 6.35. The summed E-state index contributed by atoms with van der Waals surface area (Å²) in [6.45, 7) is 3.98. The molecule has 0 aliphatic carbocycles. The maximum atomic E-state index is 12.3. The Morgan fingerprint density at radius 3 is 2.21 bits per heavy atom. The standard InChI is InChI=1S/C17H18N2O5/c1-9(2)13-8-7-12(14(20)18-13)17(23)24-19-15(21)10-5-3-4-6-11(10)16(19)22/h3-6,9,12-13H,7-8H2,1-2H3,(H,18,20). The van der Waals surface area contributed by atoms with Gasteiger partial charge in [0.05, 0.1) is 11.1 Å². The molecule has 0 radical (unpaired) electrons. The van der Waals surface area contributed by atoms with Crippen molar-refractivity contribution in [1.29, 1.82) is 0 Å². The summed E-state index contributed by atoms with van der Waals surface area (Å²) in [5, 5.41) is 3.22. The summed E-state index contributed by atoms with van der Waals surface area (Å²) in [5.74, 6) is -3.45. The lowest BCUT2D eigenvalue weighted by Gasteiger charge is -2.30. The molecule has 2 atom stereocenters. The monoisotopic (exact) mass is 330 g/mol. The Bertz CT molecular complexity index is 692.